The largest absolute Gasteiger partial charge is 0.500 e. The number of hydrogen-bond acceptors (Lipinski definition) is 8. The molecule has 248 valence electrons. The zero-order chi connectivity index (χ0) is 31.1. The van der Waals surface area contributed by atoms with E-state index < -0.39 is 17.6 Å². The highest BCUT2D eigenvalue weighted by molar-refractivity contribution is 6.61. The van der Waals surface area contributed by atoms with E-state index in [0.717, 1.165) is 63.5 Å². The second-order valence-corrected chi connectivity index (χ2v) is 15.6. The Bertz CT molecular complexity index is 633. The SMILES string of the molecule is CCO[Si](CCCCNC(=O)NC1CCCCC1NC(=O)NCCCC[Si](OCC)(OCC)OCC)(OCC)OCC. The Labute approximate surface area is 256 Å². The number of urea groups is 2. The molecule has 0 aromatic rings. The molecule has 0 bridgehead atoms. The van der Waals surface area contributed by atoms with Gasteiger partial charge in [-0.15, -0.1) is 0 Å². The molecular weight excluding hydrogens is 577 g/mol. The van der Waals surface area contributed by atoms with Crippen molar-refractivity contribution >= 4 is 29.7 Å². The number of unbranched alkanes of at least 4 members (excludes halogenated alkanes) is 2. The fourth-order valence-corrected chi connectivity index (χ4v) is 10.6. The Hall–Kier alpha value is -1.27. The van der Waals surface area contributed by atoms with Crippen LogP contribution in [-0.4, -0.2) is 94.5 Å². The van der Waals surface area contributed by atoms with Crippen molar-refractivity contribution < 1.29 is 36.1 Å². The van der Waals surface area contributed by atoms with E-state index in [1.54, 1.807) is 0 Å². The van der Waals surface area contributed by atoms with Crippen LogP contribution in [0, 0.1) is 0 Å². The third kappa shape index (κ3) is 15.5. The first-order chi connectivity index (χ1) is 20.3. The molecule has 1 aliphatic carbocycles. The van der Waals surface area contributed by atoms with E-state index in [1.807, 2.05) is 41.5 Å². The summed E-state index contributed by atoms with van der Waals surface area (Å²) in [5.74, 6) is 0. The molecule has 0 heterocycles. The van der Waals surface area contributed by atoms with Crippen LogP contribution in [0.4, 0.5) is 9.59 Å². The van der Waals surface area contributed by atoms with Crippen molar-refractivity contribution in [3.63, 3.8) is 0 Å². The lowest BCUT2D eigenvalue weighted by Crippen LogP contribution is -2.56. The van der Waals surface area contributed by atoms with E-state index in [1.165, 1.54) is 0 Å². The normalized spacial score (nSPS) is 17.6. The van der Waals surface area contributed by atoms with Crippen LogP contribution >= 0.6 is 0 Å². The molecule has 0 aromatic carbocycles. The van der Waals surface area contributed by atoms with E-state index in [2.05, 4.69) is 21.3 Å². The van der Waals surface area contributed by atoms with E-state index in [0.29, 0.717) is 52.7 Å². The third-order valence-electron chi connectivity index (χ3n) is 6.98. The molecule has 1 rings (SSSR count). The molecule has 14 heteroatoms. The molecule has 1 fully saturated rings. The summed E-state index contributed by atoms with van der Waals surface area (Å²) < 4.78 is 35.4. The second kappa shape index (κ2) is 23.2. The van der Waals surface area contributed by atoms with Crippen molar-refractivity contribution in [2.24, 2.45) is 0 Å². The highest BCUT2D eigenvalue weighted by atomic mass is 28.4. The number of rotatable bonds is 24. The highest BCUT2D eigenvalue weighted by Crippen LogP contribution is 2.21. The van der Waals surface area contributed by atoms with Crippen molar-refractivity contribution in [2.75, 3.05) is 52.7 Å². The van der Waals surface area contributed by atoms with E-state index >= 15 is 0 Å². The molecule has 4 N–H and O–H groups in total. The lowest BCUT2D eigenvalue weighted by molar-refractivity contribution is 0.0699. The monoisotopic (exact) mass is 636 g/mol. The Balaban J connectivity index is 2.40. The fourth-order valence-electron chi connectivity index (χ4n) is 5.25. The second-order valence-electron chi connectivity index (χ2n) is 10.2. The van der Waals surface area contributed by atoms with Crippen LogP contribution in [-0.2, 0) is 26.6 Å². The van der Waals surface area contributed by atoms with Crippen molar-refractivity contribution in [2.45, 2.75) is 117 Å². The maximum absolute atomic E-state index is 12.6. The molecule has 2 atom stereocenters. The highest BCUT2D eigenvalue weighted by Gasteiger charge is 2.40. The summed E-state index contributed by atoms with van der Waals surface area (Å²) in [7, 11) is -5.31. The Morgan fingerprint density at radius 1 is 0.548 bits per heavy atom. The van der Waals surface area contributed by atoms with Gasteiger partial charge in [0.25, 0.3) is 0 Å². The minimum Gasteiger partial charge on any atom is -0.374 e. The minimum absolute atomic E-state index is 0.103. The van der Waals surface area contributed by atoms with Crippen LogP contribution in [0.25, 0.3) is 0 Å². The molecule has 0 spiro atoms. The van der Waals surface area contributed by atoms with Crippen molar-refractivity contribution in [1.29, 1.82) is 0 Å². The quantitative estimate of drug-likeness (QED) is 0.0895. The number of nitrogens with one attached hydrogen (secondary N) is 4. The number of hydrogen-bond donors (Lipinski definition) is 4. The van der Waals surface area contributed by atoms with Gasteiger partial charge in [-0.1, -0.05) is 12.8 Å². The smallest absolute Gasteiger partial charge is 0.374 e. The Morgan fingerprint density at radius 2 is 0.857 bits per heavy atom. The summed E-state index contributed by atoms with van der Waals surface area (Å²) in [6.07, 6.45) is 6.99. The van der Waals surface area contributed by atoms with Crippen LogP contribution in [0.15, 0.2) is 0 Å². The van der Waals surface area contributed by atoms with Crippen LogP contribution in [0.5, 0.6) is 0 Å². The summed E-state index contributed by atoms with van der Waals surface area (Å²) in [5.41, 5.74) is 0. The van der Waals surface area contributed by atoms with Gasteiger partial charge in [0, 0.05) is 64.8 Å². The van der Waals surface area contributed by atoms with E-state index in [4.69, 9.17) is 26.6 Å². The molecule has 0 aliphatic heterocycles. The maximum atomic E-state index is 12.6. The summed E-state index contributed by atoms with van der Waals surface area (Å²) in [6.45, 7) is 16.1. The number of amides is 4. The van der Waals surface area contributed by atoms with Gasteiger partial charge in [0.15, 0.2) is 0 Å². The van der Waals surface area contributed by atoms with Crippen molar-refractivity contribution in [3.8, 4) is 0 Å². The summed E-state index contributed by atoms with van der Waals surface area (Å²) in [4.78, 5) is 25.3. The maximum Gasteiger partial charge on any atom is 0.500 e. The zero-order valence-corrected chi connectivity index (χ0v) is 29.1. The van der Waals surface area contributed by atoms with Gasteiger partial charge in [-0.2, -0.15) is 0 Å². The number of carbonyl (C=O) groups excluding carboxylic acids is 2. The predicted octanol–water partition coefficient (Wildman–Crippen LogP) is 4.55. The number of carbonyl (C=O) groups is 2. The summed E-state index contributed by atoms with van der Waals surface area (Å²) in [6, 6.07) is 0.834. The van der Waals surface area contributed by atoms with Gasteiger partial charge < -0.3 is 47.8 Å². The molecular formula is C28H60N4O8Si2. The van der Waals surface area contributed by atoms with Gasteiger partial charge in [-0.3, -0.25) is 0 Å². The van der Waals surface area contributed by atoms with Crippen LogP contribution < -0.4 is 21.3 Å². The molecule has 1 saturated carbocycles. The molecule has 42 heavy (non-hydrogen) atoms. The van der Waals surface area contributed by atoms with E-state index in [9.17, 15) is 9.59 Å². The van der Waals surface area contributed by atoms with Gasteiger partial charge in [0.05, 0.1) is 12.1 Å². The third-order valence-corrected chi connectivity index (χ3v) is 13.3. The molecule has 12 nitrogen and oxygen atoms in total. The van der Waals surface area contributed by atoms with Gasteiger partial charge in [-0.25, -0.2) is 9.59 Å². The first-order valence-electron chi connectivity index (χ1n) is 16.2. The molecule has 0 saturated heterocycles. The lowest BCUT2D eigenvalue weighted by atomic mass is 9.90. The lowest BCUT2D eigenvalue weighted by Gasteiger charge is -2.32. The summed E-state index contributed by atoms with van der Waals surface area (Å²) in [5, 5.41) is 12.1. The molecule has 0 radical (unpaired) electrons. The predicted molar refractivity (Wildman–Crippen MR) is 168 cm³/mol. The van der Waals surface area contributed by atoms with Crippen molar-refractivity contribution in [1.82, 2.24) is 21.3 Å². The fraction of sp³-hybridized carbons (Fsp3) is 0.929. The molecule has 4 amide bonds. The van der Waals surface area contributed by atoms with E-state index in [-0.39, 0.29) is 24.1 Å². The molecule has 2 unspecified atom stereocenters. The van der Waals surface area contributed by atoms with Crippen LogP contribution in [0.1, 0.15) is 92.9 Å². The Kier molecular flexibility index (Phi) is 21.4. The van der Waals surface area contributed by atoms with Gasteiger partial charge >= 0.3 is 29.7 Å². The molecule has 1 aliphatic rings. The van der Waals surface area contributed by atoms with Crippen LogP contribution in [0.2, 0.25) is 12.1 Å². The first kappa shape index (κ1) is 38.8. The van der Waals surface area contributed by atoms with Gasteiger partial charge in [-0.05, 0) is 80.1 Å². The van der Waals surface area contributed by atoms with Crippen molar-refractivity contribution in [3.05, 3.63) is 0 Å². The first-order valence-corrected chi connectivity index (χ1v) is 20.1. The summed E-state index contributed by atoms with van der Waals surface area (Å²) >= 11 is 0. The average molecular weight is 637 g/mol. The van der Waals surface area contributed by atoms with Gasteiger partial charge in [0.1, 0.15) is 0 Å². The Morgan fingerprint density at radius 3 is 1.14 bits per heavy atom. The zero-order valence-electron chi connectivity index (χ0n) is 27.1. The van der Waals surface area contributed by atoms with Crippen LogP contribution in [0.3, 0.4) is 0 Å². The minimum atomic E-state index is -2.66. The standard InChI is InChI=1S/C28H60N4O8Si2/c1-7-35-41(36-8-2,37-9-3)23-17-15-21-29-27(33)31-25-19-13-14-20-26(25)32-28(34)30-22-16-18-24-42(38-10-4,39-11-5)40-12-6/h25-26H,7-24H2,1-6H3,(H2,29,31,33)(H2,30,32,34). The average Bonchev–Trinajstić information content (AvgIpc) is 2.94. The van der Waals surface area contributed by atoms with Gasteiger partial charge in [0.2, 0.25) is 0 Å². The topological polar surface area (TPSA) is 138 Å². The molecule has 0 aromatic heterocycles.